The maximum Gasteiger partial charge on any atom is 0.265 e. The molecule has 0 fully saturated rings. The minimum atomic E-state index is -4.53. The highest BCUT2D eigenvalue weighted by Gasteiger charge is 2.36. The molecule has 13 heteroatoms. The summed E-state index contributed by atoms with van der Waals surface area (Å²) in [7, 11) is -0.369. The number of ether oxygens (including phenoxy) is 3. The topological polar surface area (TPSA) is 114 Å². The molecule has 0 saturated heterocycles. The van der Waals surface area contributed by atoms with Crippen LogP contribution in [0.15, 0.2) is 95.9 Å². The van der Waals surface area contributed by atoms with Crippen molar-refractivity contribution in [2.24, 2.45) is 0 Å². The van der Waals surface area contributed by atoms with Crippen molar-refractivity contribution in [1.29, 1.82) is 0 Å². The number of nitrogens with one attached hydrogen (secondary N) is 1. The fourth-order valence-electron chi connectivity index (χ4n) is 5.26. The van der Waals surface area contributed by atoms with Crippen molar-refractivity contribution in [3.8, 4) is 17.2 Å². The lowest BCUT2D eigenvalue weighted by atomic mass is 10.0. The van der Waals surface area contributed by atoms with Crippen LogP contribution in [-0.2, 0) is 32.6 Å². The second kappa shape index (κ2) is 17.2. The summed E-state index contributed by atoms with van der Waals surface area (Å²) in [6.45, 7) is 2.90. The number of halogens is 2. The molecule has 50 heavy (non-hydrogen) atoms. The maximum absolute atomic E-state index is 14.7. The lowest BCUT2D eigenvalue weighted by Gasteiger charge is -2.34. The fraction of sp³-hybridized carbons (Fsp3) is 0.297. The number of benzene rings is 4. The largest absolute Gasteiger partial charge is 0.495 e. The van der Waals surface area contributed by atoms with Crippen molar-refractivity contribution in [2.45, 2.75) is 50.2 Å². The average Bonchev–Trinajstić information content (AvgIpc) is 3.12. The lowest BCUT2D eigenvalue weighted by molar-refractivity contribution is -0.140. The Bertz CT molecular complexity index is 1880. The van der Waals surface area contributed by atoms with Crippen LogP contribution in [-0.4, -0.2) is 65.1 Å². The van der Waals surface area contributed by atoms with Crippen LogP contribution in [0.3, 0.4) is 0 Å². The predicted molar refractivity (Wildman–Crippen MR) is 191 cm³/mol. The summed E-state index contributed by atoms with van der Waals surface area (Å²) in [5.74, 6) is -1.01. The molecule has 2 amide bonds. The molecule has 0 aromatic heterocycles. The minimum absolute atomic E-state index is 0.00599. The van der Waals surface area contributed by atoms with Crippen LogP contribution in [0, 0.1) is 5.82 Å². The third-order valence-electron chi connectivity index (χ3n) is 8.17. The Hall–Kier alpha value is -4.81. The molecule has 0 spiro atoms. The van der Waals surface area contributed by atoms with Gasteiger partial charge in [0.25, 0.3) is 10.0 Å². The quantitative estimate of drug-likeness (QED) is 0.145. The van der Waals surface area contributed by atoms with E-state index in [0.717, 1.165) is 9.87 Å². The number of hydrogen-bond donors (Lipinski definition) is 1. The minimum Gasteiger partial charge on any atom is -0.495 e. The number of carbonyl (C=O) groups excluding carboxylic acids is 2. The van der Waals surface area contributed by atoms with Crippen LogP contribution in [0.5, 0.6) is 17.2 Å². The molecule has 0 aliphatic heterocycles. The van der Waals surface area contributed by atoms with Crippen molar-refractivity contribution < 1.29 is 36.6 Å². The molecule has 0 bridgehead atoms. The Balaban J connectivity index is 1.88. The van der Waals surface area contributed by atoms with E-state index < -0.39 is 40.2 Å². The van der Waals surface area contributed by atoms with Gasteiger partial charge >= 0.3 is 0 Å². The molecule has 0 heterocycles. The number of anilines is 1. The first kappa shape index (κ1) is 38.0. The van der Waals surface area contributed by atoms with Gasteiger partial charge in [-0.25, -0.2) is 12.8 Å². The first-order valence-corrected chi connectivity index (χ1v) is 17.7. The average molecular weight is 726 g/mol. The smallest absolute Gasteiger partial charge is 0.265 e. The molecule has 0 saturated carbocycles. The van der Waals surface area contributed by atoms with Gasteiger partial charge in [0.15, 0.2) is 11.5 Å². The summed E-state index contributed by atoms with van der Waals surface area (Å²) in [6, 6.07) is 21.9. The van der Waals surface area contributed by atoms with E-state index in [2.05, 4.69) is 5.32 Å². The number of carbonyl (C=O) groups is 2. The summed E-state index contributed by atoms with van der Waals surface area (Å²) in [6.07, 6.45) is 0.764. The number of rotatable bonds is 16. The van der Waals surface area contributed by atoms with Gasteiger partial charge in [0.05, 0.1) is 31.9 Å². The number of hydrogen-bond acceptors (Lipinski definition) is 7. The summed E-state index contributed by atoms with van der Waals surface area (Å²) in [5.41, 5.74) is 1.30. The molecule has 4 aromatic rings. The van der Waals surface area contributed by atoms with Crippen molar-refractivity contribution >= 4 is 39.1 Å². The zero-order valence-corrected chi connectivity index (χ0v) is 30.1. The Labute approximate surface area is 297 Å². The molecule has 0 aliphatic rings. The second-order valence-electron chi connectivity index (χ2n) is 11.5. The number of sulfonamides is 1. The molecular weight excluding hydrogens is 685 g/mol. The van der Waals surface area contributed by atoms with Gasteiger partial charge in [-0.2, -0.15) is 0 Å². The van der Waals surface area contributed by atoms with E-state index >= 15 is 0 Å². The van der Waals surface area contributed by atoms with Gasteiger partial charge in [-0.15, -0.1) is 0 Å². The molecule has 1 N–H and O–H groups in total. The van der Waals surface area contributed by atoms with Crippen molar-refractivity contribution in [2.75, 3.05) is 32.2 Å². The monoisotopic (exact) mass is 725 g/mol. The van der Waals surface area contributed by atoms with Crippen molar-refractivity contribution in [1.82, 2.24) is 10.2 Å². The number of nitrogens with zero attached hydrogens (tertiary/aromatic N) is 2. The van der Waals surface area contributed by atoms with Crippen molar-refractivity contribution in [3.05, 3.63) is 113 Å². The third-order valence-corrected chi connectivity index (χ3v) is 10.2. The van der Waals surface area contributed by atoms with Gasteiger partial charge in [-0.05, 0) is 66.9 Å². The van der Waals surface area contributed by atoms with E-state index in [1.54, 1.807) is 0 Å². The number of amides is 2. The summed E-state index contributed by atoms with van der Waals surface area (Å²) in [5, 5.41) is 3.18. The Morgan fingerprint density at radius 3 is 2.10 bits per heavy atom. The number of methoxy groups -OCH3 is 3. The molecule has 2 unspecified atom stereocenters. The van der Waals surface area contributed by atoms with E-state index in [1.807, 2.05) is 44.2 Å². The highest BCUT2D eigenvalue weighted by atomic mass is 35.5. The Kier molecular flexibility index (Phi) is 13.1. The fourth-order valence-corrected chi connectivity index (χ4v) is 6.86. The van der Waals surface area contributed by atoms with Gasteiger partial charge < -0.3 is 24.4 Å². The van der Waals surface area contributed by atoms with Gasteiger partial charge in [0.1, 0.15) is 24.2 Å². The van der Waals surface area contributed by atoms with E-state index in [1.165, 1.54) is 86.9 Å². The molecule has 0 aliphatic carbocycles. The van der Waals surface area contributed by atoms with E-state index in [4.69, 9.17) is 25.8 Å². The van der Waals surface area contributed by atoms with Crippen LogP contribution in [0.25, 0.3) is 0 Å². The Morgan fingerprint density at radius 1 is 0.840 bits per heavy atom. The van der Waals surface area contributed by atoms with E-state index in [0.29, 0.717) is 17.7 Å². The van der Waals surface area contributed by atoms with Crippen LogP contribution in [0.4, 0.5) is 10.1 Å². The predicted octanol–water partition coefficient (Wildman–Crippen LogP) is 6.26. The van der Waals surface area contributed by atoms with Gasteiger partial charge in [-0.1, -0.05) is 61.0 Å². The first-order chi connectivity index (χ1) is 23.9. The Morgan fingerprint density at radius 2 is 1.48 bits per heavy atom. The summed E-state index contributed by atoms with van der Waals surface area (Å²) < 4.78 is 60.1. The molecular formula is C37H41ClFN3O7S. The molecule has 4 rings (SSSR count). The SMILES string of the molecule is CCC(C)NC(=O)C(Cc1ccccc1)N(Cc1ccc(F)cc1)C(=O)CN(c1cc(Cl)ccc1OC)S(=O)(=O)c1ccc(OC)c(OC)c1. The van der Waals surface area contributed by atoms with Crippen molar-refractivity contribution in [3.63, 3.8) is 0 Å². The van der Waals surface area contributed by atoms with E-state index in [-0.39, 0.29) is 46.1 Å². The molecule has 10 nitrogen and oxygen atoms in total. The standard InChI is InChI=1S/C37H41ClFN3O7S/c1-6-25(2)40-37(44)32(20-26-10-8-7-9-11-26)41(23-27-12-15-29(39)16-13-27)36(43)24-42(31-21-28(38)14-18-33(31)47-3)50(45,46)30-17-19-34(48-4)35(22-30)49-5/h7-19,21-22,25,32H,6,20,23-24H2,1-5H3,(H,40,44). The van der Waals surface area contributed by atoms with Gasteiger partial charge in [0, 0.05) is 30.1 Å². The van der Waals surface area contributed by atoms with Crippen LogP contribution >= 0.6 is 11.6 Å². The lowest BCUT2D eigenvalue weighted by Crippen LogP contribution is -2.54. The maximum atomic E-state index is 14.7. The molecule has 2 atom stereocenters. The third kappa shape index (κ3) is 9.25. The first-order valence-electron chi connectivity index (χ1n) is 15.9. The molecule has 0 radical (unpaired) electrons. The summed E-state index contributed by atoms with van der Waals surface area (Å²) in [4.78, 5) is 29.8. The van der Waals surface area contributed by atoms with Gasteiger partial charge in [-0.3, -0.25) is 13.9 Å². The zero-order valence-electron chi connectivity index (χ0n) is 28.6. The van der Waals surface area contributed by atoms with Crippen LogP contribution in [0.2, 0.25) is 5.02 Å². The second-order valence-corrected chi connectivity index (χ2v) is 13.8. The normalized spacial score (nSPS) is 12.4. The zero-order chi connectivity index (χ0) is 36.4. The highest BCUT2D eigenvalue weighted by Crippen LogP contribution is 2.37. The summed E-state index contributed by atoms with van der Waals surface area (Å²) >= 11 is 6.37. The molecule has 266 valence electrons. The van der Waals surface area contributed by atoms with Crippen LogP contribution in [0.1, 0.15) is 31.4 Å². The molecule has 4 aromatic carbocycles. The van der Waals surface area contributed by atoms with Crippen LogP contribution < -0.4 is 23.8 Å². The highest BCUT2D eigenvalue weighted by molar-refractivity contribution is 7.92. The van der Waals surface area contributed by atoms with E-state index in [9.17, 15) is 22.4 Å². The van der Waals surface area contributed by atoms with Gasteiger partial charge in [0.2, 0.25) is 11.8 Å².